The predicted molar refractivity (Wildman–Crippen MR) is 83.0 cm³/mol. The second kappa shape index (κ2) is 5.34. The maximum atomic E-state index is 10.7. The summed E-state index contributed by atoms with van der Waals surface area (Å²) in [4.78, 5) is 10.3. The summed E-state index contributed by atoms with van der Waals surface area (Å²) in [6.07, 6.45) is 0. The first-order valence-electron chi connectivity index (χ1n) is 6.27. The summed E-state index contributed by atoms with van der Waals surface area (Å²) in [5, 5.41) is 13.9. The highest BCUT2D eigenvalue weighted by Crippen LogP contribution is 2.20. The summed E-state index contributed by atoms with van der Waals surface area (Å²) in [7, 11) is 0. The number of aromatic amines is 1. The van der Waals surface area contributed by atoms with Crippen molar-refractivity contribution in [3.05, 3.63) is 75.4 Å². The van der Waals surface area contributed by atoms with Crippen molar-refractivity contribution in [2.45, 2.75) is 0 Å². The molecule has 104 valence electrons. The average Bonchev–Trinajstić information content (AvgIpc) is 2.90. The van der Waals surface area contributed by atoms with E-state index >= 15 is 0 Å². The van der Waals surface area contributed by atoms with Gasteiger partial charge in [-0.3, -0.25) is 15.2 Å². The lowest BCUT2D eigenvalue weighted by Gasteiger charge is -2.03. The molecule has 1 N–H and O–H groups in total. The minimum absolute atomic E-state index is 0.0557. The van der Waals surface area contributed by atoms with E-state index in [4.69, 9.17) is 12.2 Å². The molecular formula is C15H11N3O2S. The van der Waals surface area contributed by atoms with Gasteiger partial charge in [-0.25, -0.2) is 4.68 Å². The van der Waals surface area contributed by atoms with Crippen LogP contribution in [-0.4, -0.2) is 14.7 Å². The lowest BCUT2D eigenvalue weighted by atomic mass is 10.2. The highest BCUT2D eigenvalue weighted by molar-refractivity contribution is 7.71. The van der Waals surface area contributed by atoms with Gasteiger partial charge in [0.2, 0.25) is 0 Å². The van der Waals surface area contributed by atoms with Gasteiger partial charge in [0.15, 0.2) is 0 Å². The van der Waals surface area contributed by atoms with Crippen molar-refractivity contribution in [2.75, 3.05) is 0 Å². The molecule has 0 amide bonds. The van der Waals surface area contributed by atoms with E-state index in [1.807, 2.05) is 36.4 Å². The van der Waals surface area contributed by atoms with Crippen LogP contribution in [0.1, 0.15) is 0 Å². The van der Waals surface area contributed by atoms with Gasteiger partial charge in [0.05, 0.1) is 16.3 Å². The second-order valence-corrected chi connectivity index (χ2v) is 4.90. The molecular weight excluding hydrogens is 286 g/mol. The van der Waals surface area contributed by atoms with Crippen LogP contribution < -0.4 is 0 Å². The maximum Gasteiger partial charge on any atom is 0.269 e. The maximum absolute atomic E-state index is 10.7. The van der Waals surface area contributed by atoms with Crippen molar-refractivity contribution in [3.63, 3.8) is 0 Å². The third kappa shape index (κ3) is 2.61. The quantitative estimate of drug-likeness (QED) is 0.449. The Kier molecular flexibility index (Phi) is 3.37. The molecule has 0 atom stereocenters. The number of nitro groups is 1. The largest absolute Gasteiger partial charge is 0.292 e. The molecule has 3 aromatic rings. The zero-order valence-corrected chi connectivity index (χ0v) is 11.7. The molecule has 0 fully saturated rings. The number of H-pyrrole nitrogens is 1. The van der Waals surface area contributed by atoms with E-state index in [1.54, 1.807) is 16.8 Å². The monoisotopic (exact) mass is 297 g/mol. The first kappa shape index (κ1) is 13.3. The molecule has 0 radical (unpaired) electrons. The number of nitrogens with zero attached hydrogens (tertiary/aromatic N) is 2. The van der Waals surface area contributed by atoms with Gasteiger partial charge in [0.1, 0.15) is 4.64 Å². The summed E-state index contributed by atoms with van der Waals surface area (Å²) in [6.45, 7) is 0. The molecule has 1 aromatic heterocycles. The van der Waals surface area contributed by atoms with Gasteiger partial charge in [-0.2, -0.15) is 0 Å². The zero-order chi connectivity index (χ0) is 14.8. The first-order chi connectivity index (χ1) is 10.1. The van der Waals surface area contributed by atoms with Crippen molar-refractivity contribution < 1.29 is 4.92 Å². The van der Waals surface area contributed by atoms with Crippen molar-refractivity contribution in [2.24, 2.45) is 0 Å². The molecule has 0 saturated carbocycles. The summed E-state index contributed by atoms with van der Waals surface area (Å²) in [5.41, 5.74) is 2.75. The average molecular weight is 297 g/mol. The van der Waals surface area contributed by atoms with Gasteiger partial charge >= 0.3 is 0 Å². The highest BCUT2D eigenvalue weighted by Gasteiger charge is 2.07. The number of non-ortho nitro benzene ring substituents is 1. The van der Waals surface area contributed by atoms with Crippen LogP contribution in [0.5, 0.6) is 0 Å². The van der Waals surface area contributed by atoms with Crippen LogP contribution in [0.2, 0.25) is 0 Å². The standard InChI is InChI=1S/C15H11N3O2S/c19-18(20)13-8-6-12(7-9-13)17-15(21)10-14(16-17)11-4-2-1-3-5-11/h1-10,16H. The molecule has 5 nitrogen and oxygen atoms in total. The SMILES string of the molecule is O=[N+]([O-])c1ccc(-n2[nH]c(-c3ccccc3)cc2=S)cc1. The minimum Gasteiger partial charge on any atom is -0.292 e. The summed E-state index contributed by atoms with van der Waals surface area (Å²) in [5.74, 6) is 0. The topological polar surface area (TPSA) is 63.9 Å². The van der Waals surface area contributed by atoms with Crippen molar-refractivity contribution in [1.82, 2.24) is 9.78 Å². The molecule has 0 bridgehead atoms. The van der Waals surface area contributed by atoms with Gasteiger partial charge in [0, 0.05) is 18.2 Å². The summed E-state index contributed by atoms with van der Waals surface area (Å²) < 4.78 is 2.34. The van der Waals surface area contributed by atoms with Crippen molar-refractivity contribution in [1.29, 1.82) is 0 Å². The molecule has 0 saturated heterocycles. The van der Waals surface area contributed by atoms with E-state index < -0.39 is 4.92 Å². The van der Waals surface area contributed by atoms with Gasteiger partial charge in [0.25, 0.3) is 5.69 Å². The molecule has 3 rings (SSSR count). The Balaban J connectivity index is 2.02. The van der Waals surface area contributed by atoms with E-state index in [1.165, 1.54) is 12.1 Å². The Morgan fingerprint density at radius 1 is 1.05 bits per heavy atom. The molecule has 1 heterocycles. The highest BCUT2D eigenvalue weighted by atomic mass is 32.1. The molecule has 0 spiro atoms. The van der Waals surface area contributed by atoms with Crippen LogP contribution in [0.4, 0.5) is 5.69 Å². The van der Waals surface area contributed by atoms with E-state index in [0.29, 0.717) is 4.64 Å². The number of nitro benzene ring substituents is 1. The predicted octanol–water partition coefficient (Wildman–Crippen LogP) is 4.11. The number of nitrogens with one attached hydrogen (secondary N) is 1. The van der Waals surface area contributed by atoms with Crippen LogP contribution in [0.3, 0.4) is 0 Å². The smallest absolute Gasteiger partial charge is 0.269 e. The van der Waals surface area contributed by atoms with E-state index in [9.17, 15) is 10.1 Å². The Labute approximate surface area is 125 Å². The van der Waals surface area contributed by atoms with E-state index in [2.05, 4.69) is 5.10 Å². The van der Waals surface area contributed by atoms with Gasteiger partial charge in [-0.1, -0.05) is 42.5 Å². The van der Waals surface area contributed by atoms with Crippen molar-refractivity contribution in [3.8, 4) is 16.9 Å². The lowest BCUT2D eigenvalue weighted by Crippen LogP contribution is -1.97. The van der Waals surface area contributed by atoms with E-state index in [0.717, 1.165) is 16.9 Å². The Morgan fingerprint density at radius 3 is 2.33 bits per heavy atom. The van der Waals surface area contributed by atoms with Crippen LogP contribution in [-0.2, 0) is 0 Å². The fraction of sp³-hybridized carbons (Fsp3) is 0. The number of benzene rings is 2. The van der Waals surface area contributed by atoms with Crippen LogP contribution in [0.25, 0.3) is 16.9 Å². The zero-order valence-electron chi connectivity index (χ0n) is 10.9. The van der Waals surface area contributed by atoms with Gasteiger partial charge in [-0.15, -0.1) is 0 Å². The summed E-state index contributed by atoms with van der Waals surface area (Å²) in [6, 6.07) is 17.9. The Bertz CT molecular complexity index is 835. The van der Waals surface area contributed by atoms with Crippen molar-refractivity contribution >= 4 is 17.9 Å². The van der Waals surface area contributed by atoms with Crippen LogP contribution >= 0.6 is 12.2 Å². The first-order valence-corrected chi connectivity index (χ1v) is 6.68. The molecule has 21 heavy (non-hydrogen) atoms. The van der Waals surface area contributed by atoms with E-state index in [-0.39, 0.29) is 5.69 Å². The molecule has 0 aliphatic carbocycles. The number of aromatic nitrogens is 2. The molecule has 6 heteroatoms. The third-order valence-electron chi connectivity index (χ3n) is 3.12. The normalized spacial score (nSPS) is 10.5. The molecule has 0 aliphatic heterocycles. The van der Waals surface area contributed by atoms with Crippen LogP contribution in [0, 0.1) is 14.8 Å². The minimum atomic E-state index is -0.423. The van der Waals surface area contributed by atoms with Crippen LogP contribution in [0.15, 0.2) is 60.7 Å². The molecule has 0 aliphatic rings. The lowest BCUT2D eigenvalue weighted by molar-refractivity contribution is -0.384. The third-order valence-corrected chi connectivity index (χ3v) is 3.42. The number of rotatable bonds is 3. The van der Waals surface area contributed by atoms with Gasteiger partial charge in [-0.05, 0) is 17.7 Å². The fourth-order valence-corrected chi connectivity index (χ4v) is 2.35. The number of hydrogen-bond donors (Lipinski definition) is 1. The molecule has 0 unspecified atom stereocenters. The van der Waals surface area contributed by atoms with Gasteiger partial charge < -0.3 is 0 Å². The second-order valence-electron chi connectivity index (χ2n) is 4.48. The molecule has 2 aromatic carbocycles. The summed E-state index contributed by atoms with van der Waals surface area (Å²) >= 11 is 5.34. The fourth-order valence-electron chi connectivity index (χ4n) is 2.08. The Morgan fingerprint density at radius 2 is 1.71 bits per heavy atom. The Hall–Kier alpha value is -2.73. The number of hydrogen-bond acceptors (Lipinski definition) is 3.